The molecule has 0 saturated heterocycles. The molecule has 0 fully saturated rings. The standard InChI is InChI=1S/C8H8N2O3S/c1-5-10-8-6(13-5)3-2-4-7(8)14(9,11)12/h2-4H,1H3,(H2,9,11,12). The Morgan fingerprint density at radius 3 is 2.79 bits per heavy atom. The number of para-hydroxylation sites is 1. The molecule has 0 saturated carbocycles. The Hall–Kier alpha value is -1.40. The number of hydrogen-bond donors (Lipinski definition) is 1. The summed E-state index contributed by atoms with van der Waals surface area (Å²) < 4.78 is 27.5. The summed E-state index contributed by atoms with van der Waals surface area (Å²) in [5.41, 5.74) is 0.710. The van der Waals surface area contributed by atoms with Crippen LogP contribution < -0.4 is 5.14 Å². The van der Waals surface area contributed by atoms with E-state index in [0.29, 0.717) is 11.5 Å². The number of hydrogen-bond acceptors (Lipinski definition) is 4. The number of benzene rings is 1. The summed E-state index contributed by atoms with van der Waals surface area (Å²) >= 11 is 0. The number of rotatable bonds is 1. The zero-order valence-electron chi connectivity index (χ0n) is 7.39. The van der Waals surface area contributed by atoms with Crippen molar-refractivity contribution < 1.29 is 12.8 Å². The number of fused-ring (bicyclic) bond motifs is 1. The maximum Gasteiger partial charge on any atom is 0.240 e. The molecule has 74 valence electrons. The Labute approximate surface area is 80.6 Å². The average Bonchev–Trinajstić information content (AvgIpc) is 2.41. The zero-order chi connectivity index (χ0) is 10.3. The second-order valence-corrected chi connectivity index (χ2v) is 4.41. The SMILES string of the molecule is Cc1nc2c(S(N)(=O)=O)cccc2o1. The predicted octanol–water partition coefficient (Wildman–Crippen LogP) is 0.784. The molecule has 0 atom stereocenters. The first-order valence-electron chi connectivity index (χ1n) is 3.87. The number of aryl methyl sites for hydroxylation is 1. The second-order valence-electron chi connectivity index (χ2n) is 2.88. The molecule has 0 unspecified atom stereocenters. The van der Waals surface area contributed by atoms with Crippen LogP contribution in [0.3, 0.4) is 0 Å². The monoisotopic (exact) mass is 212 g/mol. The molecule has 0 bridgehead atoms. The van der Waals surface area contributed by atoms with Gasteiger partial charge in [-0.3, -0.25) is 0 Å². The summed E-state index contributed by atoms with van der Waals surface area (Å²) in [7, 11) is -3.74. The minimum absolute atomic E-state index is 0.00755. The quantitative estimate of drug-likeness (QED) is 0.756. The van der Waals surface area contributed by atoms with Gasteiger partial charge in [-0.05, 0) is 12.1 Å². The normalized spacial score (nSPS) is 12.1. The highest BCUT2D eigenvalue weighted by Gasteiger charge is 2.15. The van der Waals surface area contributed by atoms with Gasteiger partial charge >= 0.3 is 0 Å². The first kappa shape index (κ1) is 9.17. The van der Waals surface area contributed by atoms with Crippen LogP contribution in [0, 0.1) is 6.92 Å². The molecule has 0 radical (unpaired) electrons. The number of primary sulfonamides is 1. The van der Waals surface area contributed by atoms with Crippen LogP contribution in [0.25, 0.3) is 11.1 Å². The van der Waals surface area contributed by atoms with Crippen LogP contribution >= 0.6 is 0 Å². The maximum atomic E-state index is 11.2. The third-order valence-electron chi connectivity index (χ3n) is 1.80. The molecule has 2 rings (SSSR count). The number of sulfonamides is 1. The molecule has 1 aromatic carbocycles. The van der Waals surface area contributed by atoms with Crippen LogP contribution in [0.5, 0.6) is 0 Å². The highest BCUT2D eigenvalue weighted by molar-refractivity contribution is 7.89. The van der Waals surface area contributed by atoms with Crippen LogP contribution in [-0.2, 0) is 10.0 Å². The summed E-state index contributed by atoms with van der Waals surface area (Å²) in [6.45, 7) is 1.65. The third kappa shape index (κ3) is 1.38. The third-order valence-corrected chi connectivity index (χ3v) is 2.74. The van der Waals surface area contributed by atoms with Crippen molar-refractivity contribution in [3.05, 3.63) is 24.1 Å². The van der Waals surface area contributed by atoms with Crippen LogP contribution in [0.2, 0.25) is 0 Å². The van der Waals surface area contributed by atoms with Gasteiger partial charge in [0.2, 0.25) is 10.0 Å². The van der Waals surface area contributed by atoms with Crippen molar-refractivity contribution >= 4 is 21.1 Å². The van der Waals surface area contributed by atoms with Crippen molar-refractivity contribution in [3.63, 3.8) is 0 Å². The zero-order valence-corrected chi connectivity index (χ0v) is 8.21. The van der Waals surface area contributed by atoms with Gasteiger partial charge in [0.05, 0.1) is 0 Å². The lowest BCUT2D eigenvalue weighted by Crippen LogP contribution is -2.12. The van der Waals surface area contributed by atoms with E-state index in [0.717, 1.165) is 0 Å². The fourth-order valence-electron chi connectivity index (χ4n) is 1.26. The minimum Gasteiger partial charge on any atom is -0.441 e. The Morgan fingerprint density at radius 1 is 1.43 bits per heavy atom. The van der Waals surface area contributed by atoms with Crippen molar-refractivity contribution in [1.82, 2.24) is 4.98 Å². The predicted molar refractivity (Wildman–Crippen MR) is 50.1 cm³/mol. The van der Waals surface area contributed by atoms with Gasteiger partial charge in [-0.15, -0.1) is 0 Å². The lowest BCUT2D eigenvalue weighted by atomic mass is 10.3. The topological polar surface area (TPSA) is 86.2 Å². The van der Waals surface area contributed by atoms with E-state index in [4.69, 9.17) is 9.56 Å². The summed E-state index contributed by atoms with van der Waals surface area (Å²) in [6, 6.07) is 4.61. The van der Waals surface area contributed by atoms with E-state index >= 15 is 0 Å². The summed E-state index contributed by atoms with van der Waals surface area (Å²) in [4.78, 5) is 3.95. The number of oxazole rings is 1. The molecular weight excluding hydrogens is 204 g/mol. The van der Waals surface area contributed by atoms with Crippen LogP contribution in [0.4, 0.5) is 0 Å². The van der Waals surface area contributed by atoms with E-state index < -0.39 is 10.0 Å². The fraction of sp³-hybridized carbons (Fsp3) is 0.125. The molecule has 5 nitrogen and oxygen atoms in total. The molecule has 0 spiro atoms. The number of aromatic nitrogens is 1. The molecule has 6 heteroatoms. The molecule has 1 aromatic heterocycles. The molecule has 0 aliphatic rings. The van der Waals surface area contributed by atoms with Gasteiger partial charge in [0.25, 0.3) is 0 Å². The molecule has 2 N–H and O–H groups in total. The van der Waals surface area contributed by atoms with Gasteiger partial charge in [-0.2, -0.15) is 0 Å². The Bertz CT molecular complexity index is 586. The maximum absolute atomic E-state index is 11.2. The van der Waals surface area contributed by atoms with E-state index in [1.165, 1.54) is 6.07 Å². The molecule has 0 amide bonds. The van der Waals surface area contributed by atoms with Crippen molar-refractivity contribution in [2.75, 3.05) is 0 Å². The van der Waals surface area contributed by atoms with Gasteiger partial charge in [0.15, 0.2) is 11.5 Å². The lowest BCUT2D eigenvalue weighted by molar-refractivity contribution is 0.561. The molecule has 1 heterocycles. The van der Waals surface area contributed by atoms with Crippen molar-refractivity contribution in [2.24, 2.45) is 5.14 Å². The highest BCUT2D eigenvalue weighted by atomic mass is 32.2. The van der Waals surface area contributed by atoms with Crippen molar-refractivity contribution in [1.29, 1.82) is 0 Å². The van der Waals surface area contributed by atoms with Crippen LogP contribution in [0.1, 0.15) is 5.89 Å². The first-order chi connectivity index (χ1) is 6.48. The molecular formula is C8H8N2O3S. The summed E-state index contributed by atoms with van der Waals surface area (Å²) in [6.07, 6.45) is 0. The second kappa shape index (κ2) is 2.79. The van der Waals surface area contributed by atoms with Gasteiger partial charge in [0, 0.05) is 6.92 Å². The number of nitrogens with two attached hydrogens (primary N) is 1. The average molecular weight is 212 g/mol. The van der Waals surface area contributed by atoms with Gasteiger partial charge in [0.1, 0.15) is 10.4 Å². The van der Waals surface area contributed by atoms with Gasteiger partial charge in [-0.25, -0.2) is 18.5 Å². The van der Waals surface area contributed by atoms with E-state index in [2.05, 4.69) is 4.98 Å². The van der Waals surface area contributed by atoms with E-state index in [1.54, 1.807) is 19.1 Å². The summed E-state index contributed by atoms with van der Waals surface area (Å²) in [5.74, 6) is 0.413. The Balaban J connectivity index is 2.90. The van der Waals surface area contributed by atoms with Crippen molar-refractivity contribution in [3.8, 4) is 0 Å². The lowest BCUT2D eigenvalue weighted by Gasteiger charge is -1.96. The van der Waals surface area contributed by atoms with E-state index in [-0.39, 0.29) is 10.4 Å². The molecule has 0 aliphatic heterocycles. The van der Waals surface area contributed by atoms with E-state index in [9.17, 15) is 8.42 Å². The van der Waals surface area contributed by atoms with E-state index in [1.807, 2.05) is 0 Å². The number of nitrogens with zero attached hydrogens (tertiary/aromatic N) is 1. The van der Waals surface area contributed by atoms with Crippen LogP contribution in [-0.4, -0.2) is 13.4 Å². The largest absolute Gasteiger partial charge is 0.441 e. The highest BCUT2D eigenvalue weighted by Crippen LogP contribution is 2.21. The minimum atomic E-state index is -3.74. The first-order valence-corrected chi connectivity index (χ1v) is 5.42. The molecule has 0 aliphatic carbocycles. The Morgan fingerprint density at radius 2 is 2.14 bits per heavy atom. The smallest absolute Gasteiger partial charge is 0.240 e. The van der Waals surface area contributed by atoms with Crippen LogP contribution in [0.15, 0.2) is 27.5 Å². The summed E-state index contributed by atoms with van der Waals surface area (Å²) in [5, 5.41) is 5.02. The molecule has 14 heavy (non-hydrogen) atoms. The molecule has 2 aromatic rings. The fourth-order valence-corrected chi connectivity index (χ4v) is 1.95. The Kier molecular flexibility index (Phi) is 1.83. The van der Waals surface area contributed by atoms with Gasteiger partial charge in [-0.1, -0.05) is 6.07 Å². The van der Waals surface area contributed by atoms with Crippen molar-refractivity contribution in [2.45, 2.75) is 11.8 Å². The van der Waals surface area contributed by atoms with Gasteiger partial charge < -0.3 is 4.42 Å².